The Kier molecular flexibility index (Phi) is 2.56. The predicted molar refractivity (Wildman–Crippen MR) is 68.0 cm³/mol. The number of hydrogen-bond donors (Lipinski definition) is 0. The second-order valence-electron chi connectivity index (χ2n) is 5.00. The van der Waals surface area contributed by atoms with E-state index in [-0.39, 0.29) is 6.79 Å². The maximum absolute atomic E-state index is 11.8. The summed E-state index contributed by atoms with van der Waals surface area (Å²) in [5.74, 6) is 0.410. The van der Waals surface area contributed by atoms with Gasteiger partial charge in [-0.15, -0.1) is 0 Å². The van der Waals surface area contributed by atoms with Crippen LogP contribution in [0.25, 0.3) is 0 Å². The van der Waals surface area contributed by atoms with Crippen molar-refractivity contribution >= 4 is 16.1 Å². The molecule has 1 aliphatic carbocycles. The average molecular weight is 293 g/mol. The van der Waals surface area contributed by atoms with Crippen LogP contribution in [0, 0.1) is 16.7 Å². The van der Waals surface area contributed by atoms with Crippen LogP contribution in [0.4, 0.5) is 0 Å². The molecular weight excluding hydrogens is 282 g/mol. The quantitative estimate of drug-likeness (QED) is 0.759. The highest BCUT2D eigenvalue weighted by Gasteiger charge is 2.71. The number of nitrogens with zero attached hydrogens (tertiary/aromatic N) is 1. The van der Waals surface area contributed by atoms with Gasteiger partial charge in [0.2, 0.25) is 6.79 Å². The third-order valence-corrected chi connectivity index (χ3v) is 5.37. The van der Waals surface area contributed by atoms with E-state index >= 15 is 0 Å². The summed E-state index contributed by atoms with van der Waals surface area (Å²) >= 11 is 0. The lowest BCUT2D eigenvalue weighted by Gasteiger charge is -2.02. The molecule has 3 rings (SSSR count). The predicted octanol–water partition coefficient (Wildman–Crippen LogP) is 0.635. The van der Waals surface area contributed by atoms with Gasteiger partial charge in [-0.3, -0.25) is 0 Å². The van der Waals surface area contributed by atoms with E-state index in [1.807, 2.05) is 6.07 Å². The molecule has 1 saturated carbocycles. The number of carbonyl (C=O) groups is 1. The molecule has 1 aromatic carbocycles. The van der Waals surface area contributed by atoms with Gasteiger partial charge in [-0.25, -0.2) is 8.42 Å². The molecule has 0 bridgehead atoms. The Morgan fingerprint density at radius 1 is 1.40 bits per heavy atom. The number of hydrogen-bond acceptors (Lipinski definition) is 6. The van der Waals surface area contributed by atoms with Gasteiger partial charge in [0.15, 0.2) is 21.3 Å². The largest absolute Gasteiger partial charge is 0.454 e. The molecule has 1 aliphatic heterocycles. The molecule has 0 unspecified atom stereocenters. The van der Waals surface area contributed by atoms with Gasteiger partial charge in [-0.1, -0.05) is 6.07 Å². The number of ether oxygens (including phenoxy) is 2. The van der Waals surface area contributed by atoms with Gasteiger partial charge < -0.3 is 14.3 Å². The van der Waals surface area contributed by atoms with Crippen LogP contribution in [0.2, 0.25) is 0 Å². The first-order valence-corrected chi connectivity index (χ1v) is 7.85. The Morgan fingerprint density at radius 2 is 2.10 bits per heavy atom. The highest BCUT2D eigenvalue weighted by Crippen LogP contribution is 2.61. The lowest BCUT2D eigenvalue weighted by atomic mass is 10.0. The molecule has 0 amide bonds. The van der Waals surface area contributed by atoms with E-state index in [0.717, 1.165) is 6.26 Å². The zero-order valence-corrected chi connectivity index (χ0v) is 11.4. The molecular formula is C13H11NO5S. The summed E-state index contributed by atoms with van der Waals surface area (Å²) in [6, 6.07) is 6.81. The van der Waals surface area contributed by atoms with Crippen LogP contribution < -0.4 is 9.47 Å². The van der Waals surface area contributed by atoms with Crippen LogP contribution in [0.5, 0.6) is 11.5 Å². The summed E-state index contributed by atoms with van der Waals surface area (Å²) in [4.78, 5) is 11.3. The van der Waals surface area contributed by atoms with Crippen LogP contribution in [0.15, 0.2) is 18.2 Å². The second kappa shape index (κ2) is 3.96. The minimum atomic E-state index is -3.50. The van der Waals surface area contributed by atoms with Gasteiger partial charge in [0, 0.05) is 12.2 Å². The van der Waals surface area contributed by atoms with E-state index in [0.29, 0.717) is 23.3 Å². The molecule has 20 heavy (non-hydrogen) atoms. The summed E-state index contributed by atoms with van der Waals surface area (Å²) in [5.41, 5.74) is -0.903. The first kappa shape index (κ1) is 12.9. The topological polar surface area (TPSA) is 93.5 Å². The lowest BCUT2D eigenvalue weighted by Crippen LogP contribution is -2.14. The molecule has 0 N–H and O–H groups in total. The molecule has 0 saturated heterocycles. The van der Waals surface area contributed by atoms with Crippen LogP contribution in [-0.2, 0) is 14.6 Å². The van der Waals surface area contributed by atoms with Gasteiger partial charge in [-0.2, -0.15) is 5.26 Å². The van der Waals surface area contributed by atoms with E-state index < -0.39 is 26.4 Å². The molecule has 1 fully saturated rings. The van der Waals surface area contributed by atoms with E-state index in [4.69, 9.17) is 9.47 Å². The number of fused-ring (bicyclic) bond motifs is 1. The zero-order chi connectivity index (χ0) is 14.5. The van der Waals surface area contributed by atoms with Crippen molar-refractivity contribution in [3.05, 3.63) is 23.8 Å². The first-order chi connectivity index (χ1) is 9.44. The molecule has 1 heterocycles. The summed E-state index contributed by atoms with van der Waals surface area (Å²) in [6.07, 6.45) is 1.48. The van der Waals surface area contributed by atoms with Crippen LogP contribution in [0.1, 0.15) is 11.5 Å². The van der Waals surface area contributed by atoms with Crippen molar-refractivity contribution < 1.29 is 22.7 Å². The third kappa shape index (κ3) is 1.61. The van der Waals surface area contributed by atoms with E-state index in [2.05, 4.69) is 0 Å². The number of benzene rings is 1. The van der Waals surface area contributed by atoms with Gasteiger partial charge in [0.1, 0.15) is 11.7 Å². The van der Waals surface area contributed by atoms with E-state index in [1.54, 1.807) is 18.2 Å². The number of carbonyl (C=O) groups excluding carboxylic acids is 1. The SMILES string of the molecule is CS(=O)(=O)[C@H]1[C@H](c2ccc3c(c2)OCO3)[C@]1(C#N)C=O. The Labute approximate surface area is 115 Å². The average Bonchev–Trinajstić information content (AvgIpc) is 2.89. The lowest BCUT2D eigenvalue weighted by molar-refractivity contribution is -0.110. The maximum Gasteiger partial charge on any atom is 0.231 e. The molecule has 7 heteroatoms. The summed E-state index contributed by atoms with van der Waals surface area (Å²) in [7, 11) is -3.50. The van der Waals surface area contributed by atoms with Gasteiger partial charge in [0.05, 0.1) is 11.3 Å². The van der Waals surface area contributed by atoms with Crippen molar-refractivity contribution in [2.75, 3.05) is 13.0 Å². The van der Waals surface area contributed by atoms with Crippen LogP contribution in [0.3, 0.4) is 0 Å². The fourth-order valence-corrected chi connectivity index (χ4v) is 4.59. The maximum atomic E-state index is 11.8. The number of sulfone groups is 1. The molecule has 104 valence electrons. The molecule has 2 aliphatic rings. The smallest absolute Gasteiger partial charge is 0.231 e. The fraction of sp³-hybridized carbons (Fsp3) is 0.385. The van der Waals surface area contributed by atoms with Crippen LogP contribution in [-0.4, -0.2) is 33.0 Å². The van der Waals surface area contributed by atoms with Crippen molar-refractivity contribution in [1.82, 2.24) is 0 Å². The minimum absolute atomic E-state index is 0.107. The first-order valence-electron chi connectivity index (χ1n) is 5.90. The Bertz CT molecular complexity index is 736. The molecule has 0 radical (unpaired) electrons. The van der Waals surface area contributed by atoms with Crippen molar-refractivity contribution in [2.24, 2.45) is 5.41 Å². The monoisotopic (exact) mass is 293 g/mol. The highest BCUT2D eigenvalue weighted by atomic mass is 32.2. The summed E-state index contributed by atoms with van der Waals surface area (Å²) in [6.45, 7) is 0.107. The van der Waals surface area contributed by atoms with Crippen molar-refractivity contribution in [1.29, 1.82) is 5.26 Å². The number of nitriles is 1. The Balaban J connectivity index is 2.06. The molecule has 6 nitrogen and oxygen atoms in total. The van der Waals surface area contributed by atoms with Gasteiger partial charge in [0.25, 0.3) is 0 Å². The standard InChI is InChI=1S/C13H11NO5S/c1-20(16,17)12-11(13(12,5-14)6-15)8-2-3-9-10(4-8)19-7-18-9/h2-4,6,11-12H,7H2,1H3/t11-,12-,13-/m0/s1. The van der Waals surface area contributed by atoms with Crippen molar-refractivity contribution in [3.8, 4) is 17.6 Å². The molecule has 0 aromatic heterocycles. The molecule has 3 atom stereocenters. The normalized spacial score (nSPS) is 30.6. The second-order valence-corrected chi connectivity index (χ2v) is 7.17. The van der Waals surface area contributed by atoms with Gasteiger partial charge >= 0.3 is 0 Å². The summed E-state index contributed by atoms with van der Waals surface area (Å²) in [5, 5.41) is 8.21. The minimum Gasteiger partial charge on any atom is -0.454 e. The number of aldehydes is 1. The highest BCUT2D eigenvalue weighted by molar-refractivity contribution is 7.91. The molecule has 0 spiro atoms. The number of rotatable bonds is 3. The fourth-order valence-electron chi connectivity index (χ4n) is 2.83. The van der Waals surface area contributed by atoms with Crippen molar-refractivity contribution in [3.63, 3.8) is 0 Å². The van der Waals surface area contributed by atoms with Crippen LogP contribution >= 0.6 is 0 Å². The van der Waals surface area contributed by atoms with E-state index in [1.165, 1.54) is 0 Å². The zero-order valence-electron chi connectivity index (χ0n) is 10.6. The Hall–Kier alpha value is -2.07. The van der Waals surface area contributed by atoms with E-state index in [9.17, 15) is 18.5 Å². The summed E-state index contributed by atoms with van der Waals surface area (Å²) < 4.78 is 34.0. The molecule has 1 aromatic rings. The Morgan fingerprint density at radius 3 is 2.65 bits per heavy atom. The third-order valence-electron chi connectivity index (χ3n) is 3.78. The van der Waals surface area contributed by atoms with Crippen molar-refractivity contribution in [2.45, 2.75) is 11.2 Å². The van der Waals surface area contributed by atoms with Gasteiger partial charge in [-0.05, 0) is 17.7 Å².